The zero-order valence-corrected chi connectivity index (χ0v) is 14.7. The second-order valence-electron chi connectivity index (χ2n) is 6.55. The third-order valence-corrected chi connectivity index (χ3v) is 5.71. The van der Waals surface area contributed by atoms with Crippen LogP contribution in [0.5, 0.6) is 0 Å². The summed E-state index contributed by atoms with van der Waals surface area (Å²) in [5.74, 6) is 0.723. The first kappa shape index (κ1) is 15.5. The van der Waals surface area contributed by atoms with Crippen molar-refractivity contribution in [3.05, 3.63) is 20.8 Å². The van der Waals surface area contributed by atoms with Crippen LogP contribution in [-0.4, -0.2) is 15.6 Å². The number of nitrogens with zero attached hydrogens (tertiary/aromatic N) is 2. The molecule has 5 heteroatoms. The van der Waals surface area contributed by atoms with Gasteiger partial charge in [0.25, 0.3) is 5.56 Å². The lowest BCUT2D eigenvalue weighted by atomic mass is 9.97. The molecular formula is C17H25N3OS. The third kappa shape index (κ3) is 2.56. The summed E-state index contributed by atoms with van der Waals surface area (Å²) in [7, 11) is 0. The van der Waals surface area contributed by atoms with Gasteiger partial charge >= 0.3 is 0 Å². The molecular weight excluding hydrogens is 294 g/mol. The Morgan fingerprint density at radius 3 is 2.68 bits per heavy atom. The van der Waals surface area contributed by atoms with Gasteiger partial charge in [-0.3, -0.25) is 9.36 Å². The zero-order valence-electron chi connectivity index (χ0n) is 13.9. The van der Waals surface area contributed by atoms with Crippen molar-refractivity contribution in [1.29, 1.82) is 0 Å². The Hall–Kier alpha value is -1.36. The van der Waals surface area contributed by atoms with Crippen LogP contribution in [0, 0.1) is 0 Å². The van der Waals surface area contributed by atoms with Gasteiger partial charge < -0.3 is 5.32 Å². The van der Waals surface area contributed by atoms with Gasteiger partial charge in [-0.15, -0.1) is 11.3 Å². The molecule has 0 bridgehead atoms. The SMILES string of the molecule is CCC(C)Nc1nc2sc3c(c2c(=O)n1C(C)C)CCCC3. The quantitative estimate of drug-likeness (QED) is 0.922. The number of thiophene rings is 1. The molecule has 0 spiro atoms. The van der Waals surface area contributed by atoms with Crippen molar-refractivity contribution < 1.29 is 0 Å². The third-order valence-electron chi connectivity index (χ3n) is 4.53. The normalized spacial score (nSPS) is 16.0. The van der Waals surface area contributed by atoms with Crippen LogP contribution in [0.3, 0.4) is 0 Å². The molecule has 1 N–H and O–H groups in total. The van der Waals surface area contributed by atoms with Gasteiger partial charge in [0.05, 0.1) is 5.39 Å². The monoisotopic (exact) mass is 319 g/mol. The molecule has 2 heterocycles. The Morgan fingerprint density at radius 1 is 1.27 bits per heavy atom. The summed E-state index contributed by atoms with van der Waals surface area (Å²) >= 11 is 1.72. The molecule has 0 aliphatic heterocycles. The van der Waals surface area contributed by atoms with E-state index in [0.29, 0.717) is 6.04 Å². The second-order valence-corrected chi connectivity index (χ2v) is 7.63. The summed E-state index contributed by atoms with van der Waals surface area (Å²) in [5, 5.41) is 4.29. The lowest BCUT2D eigenvalue weighted by molar-refractivity contribution is 0.572. The minimum atomic E-state index is 0.107. The van der Waals surface area contributed by atoms with E-state index in [2.05, 4.69) is 33.0 Å². The molecule has 120 valence electrons. The lowest BCUT2D eigenvalue weighted by Crippen LogP contribution is -2.29. The fourth-order valence-electron chi connectivity index (χ4n) is 3.12. The van der Waals surface area contributed by atoms with Gasteiger partial charge in [0.1, 0.15) is 4.83 Å². The van der Waals surface area contributed by atoms with Crippen molar-refractivity contribution in [1.82, 2.24) is 9.55 Å². The van der Waals surface area contributed by atoms with E-state index in [9.17, 15) is 4.79 Å². The van der Waals surface area contributed by atoms with Crippen LogP contribution >= 0.6 is 11.3 Å². The van der Waals surface area contributed by atoms with Crippen molar-refractivity contribution in [3.8, 4) is 0 Å². The maximum atomic E-state index is 13.1. The molecule has 3 rings (SSSR count). The van der Waals surface area contributed by atoms with E-state index in [4.69, 9.17) is 4.98 Å². The Morgan fingerprint density at radius 2 is 2.00 bits per heavy atom. The van der Waals surface area contributed by atoms with E-state index in [1.807, 2.05) is 4.57 Å². The summed E-state index contributed by atoms with van der Waals surface area (Å²) in [5.41, 5.74) is 1.40. The molecule has 0 fully saturated rings. The first-order valence-corrected chi connectivity index (χ1v) is 9.17. The number of hydrogen-bond donors (Lipinski definition) is 1. The Labute approximate surface area is 135 Å². The molecule has 2 aromatic rings. The van der Waals surface area contributed by atoms with Crippen LogP contribution < -0.4 is 10.9 Å². The van der Waals surface area contributed by atoms with Crippen molar-refractivity contribution in [3.63, 3.8) is 0 Å². The lowest BCUT2D eigenvalue weighted by Gasteiger charge is -2.20. The largest absolute Gasteiger partial charge is 0.353 e. The highest BCUT2D eigenvalue weighted by molar-refractivity contribution is 7.18. The smallest absolute Gasteiger partial charge is 0.264 e. The number of aromatic nitrogens is 2. The molecule has 1 aliphatic rings. The Bertz CT molecular complexity index is 744. The maximum Gasteiger partial charge on any atom is 0.264 e. The van der Waals surface area contributed by atoms with Crippen molar-refractivity contribution in [2.75, 3.05) is 5.32 Å². The van der Waals surface area contributed by atoms with Gasteiger partial charge in [0, 0.05) is 17.0 Å². The van der Waals surface area contributed by atoms with Gasteiger partial charge in [-0.1, -0.05) is 6.92 Å². The fraction of sp³-hybridized carbons (Fsp3) is 0.647. The molecule has 1 aliphatic carbocycles. The first-order chi connectivity index (χ1) is 10.5. The Balaban J connectivity index is 2.23. The number of nitrogens with one attached hydrogen (secondary N) is 1. The molecule has 0 aromatic carbocycles. The van der Waals surface area contributed by atoms with Crippen LogP contribution in [0.15, 0.2) is 4.79 Å². The van der Waals surface area contributed by atoms with Crippen LogP contribution in [-0.2, 0) is 12.8 Å². The summed E-state index contributed by atoms with van der Waals surface area (Å²) < 4.78 is 1.83. The molecule has 1 unspecified atom stereocenters. The Kier molecular flexibility index (Phi) is 4.26. The highest BCUT2D eigenvalue weighted by Gasteiger charge is 2.23. The number of fused-ring (bicyclic) bond motifs is 3. The van der Waals surface area contributed by atoms with Crippen molar-refractivity contribution in [2.24, 2.45) is 0 Å². The minimum absolute atomic E-state index is 0.107. The minimum Gasteiger partial charge on any atom is -0.353 e. The highest BCUT2D eigenvalue weighted by Crippen LogP contribution is 2.34. The van der Waals surface area contributed by atoms with Gasteiger partial charge in [0.2, 0.25) is 5.95 Å². The number of anilines is 1. The van der Waals surface area contributed by atoms with E-state index in [0.717, 1.165) is 35.4 Å². The van der Waals surface area contributed by atoms with Crippen molar-refractivity contribution in [2.45, 2.75) is 71.9 Å². The zero-order chi connectivity index (χ0) is 15.9. The molecule has 22 heavy (non-hydrogen) atoms. The molecule has 1 atom stereocenters. The maximum absolute atomic E-state index is 13.1. The van der Waals surface area contributed by atoms with Gasteiger partial charge in [-0.05, 0) is 58.4 Å². The topological polar surface area (TPSA) is 46.9 Å². The molecule has 0 radical (unpaired) electrons. The molecule has 2 aromatic heterocycles. The average Bonchev–Trinajstić information content (AvgIpc) is 2.85. The van der Waals surface area contributed by atoms with E-state index < -0.39 is 0 Å². The predicted octanol–water partition coefficient (Wildman–Crippen LogP) is 4.13. The van der Waals surface area contributed by atoms with E-state index in [-0.39, 0.29) is 11.6 Å². The number of rotatable bonds is 4. The van der Waals surface area contributed by atoms with Crippen LogP contribution in [0.4, 0.5) is 5.95 Å². The van der Waals surface area contributed by atoms with Gasteiger partial charge in [0.15, 0.2) is 0 Å². The summed E-state index contributed by atoms with van der Waals surface area (Å²) in [6.07, 6.45) is 5.56. The van der Waals surface area contributed by atoms with E-state index in [1.165, 1.54) is 23.3 Å². The molecule has 0 saturated heterocycles. The highest BCUT2D eigenvalue weighted by atomic mass is 32.1. The molecule has 0 amide bonds. The predicted molar refractivity (Wildman–Crippen MR) is 94.3 cm³/mol. The summed E-state index contributed by atoms with van der Waals surface area (Å²) in [6.45, 7) is 8.36. The van der Waals surface area contributed by atoms with Crippen LogP contribution in [0.1, 0.15) is 63.4 Å². The van der Waals surface area contributed by atoms with Gasteiger partial charge in [-0.2, -0.15) is 0 Å². The van der Waals surface area contributed by atoms with Gasteiger partial charge in [-0.25, -0.2) is 4.98 Å². The van der Waals surface area contributed by atoms with Crippen molar-refractivity contribution >= 4 is 27.5 Å². The van der Waals surface area contributed by atoms with Crippen LogP contribution in [0.2, 0.25) is 0 Å². The van der Waals surface area contributed by atoms with Crippen LogP contribution in [0.25, 0.3) is 10.2 Å². The van der Waals surface area contributed by atoms with E-state index >= 15 is 0 Å². The molecule has 0 saturated carbocycles. The summed E-state index contributed by atoms with van der Waals surface area (Å²) in [6, 6.07) is 0.416. The fourth-order valence-corrected chi connectivity index (χ4v) is 4.37. The molecule has 4 nitrogen and oxygen atoms in total. The second kappa shape index (κ2) is 6.03. The average molecular weight is 319 g/mol. The van der Waals surface area contributed by atoms with E-state index in [1.54, 1.807) is 11.3 Å². The number of hydrogen-bond acceptors (Lipinski definition) is 4. The number of aryl methyl sites for hydroxylation is 2. The standard InChI is InChI=1S/C17H25N3OS/c1-5-11(4)18-17-19-15-14(16(21)20(17)10(2)3)12-8-6-7-9-13(12)22-15/h10-11H,5-9H2,1-4H3,(H,18,19). The summed E-state index contributed by atoms with van der Waals surface area (Å²) in [4.78, 5) is 20.2. The first-order valence-electron chi connectivity index (χ1n) is 8.36.